The largest absolute Gasteiger partial charge is 0.457 e. The van der Waals surface area contributed by atoms with Crippen LogP contribution in [0.1, 0.15) is 0 Å². The normalized spacial score (nSPS) is 10.6. The smallest absolute Gasteiger partial charge is 0.179 e. The Labute approximate surface area is 103 Å². The first-order valence-corrected chi connectivity index (χ1v) is 5.48. The molecule has 4 heteroatoms. The highest BCUT2D eigenvalue weighted by atomic mass is 35.5. The van der Waals surface area contributed by atoms with Crippen molar-refractivity contribution < 1.29 is 9.26 Å². The van der Waals surface area contributed by atoms with Gasteiger partial charge >= 0.3 is 0 Å². The summed E-state index contributed by atoms with van der Waals surface area (Å²) in [6, 6.07) is 15.0. The van der Waals surface area contributed by atoms with Crippen LogP contribution in [0.15, 0.2) is 53.1 Å². The summed E-state index contributed by atoms with van der Waals surface area (Å²) in [7, 11) is 0. The molecule has 0 saturated carbocycles. The fourth-order valence-electron chi connectivity index (χ4n) is 1.58. The second kappa shape index (κ2) is 4.11. The maximum Gasteiger partial charge on any atom is 0.179 e. The summed E-state index contributed by atoms with van der Waals surface area (Å²) in [5.74, 6) is 1.47. The molecule has 84 valence electrons. The van der Waals surface area contributed by atoms with Crippen molar-refractivity contribution in [3.63, 3.8) is 0 Å². The number of para-hydroxylation sites is 1. The highest BCUT2D eigenvalue weighted by Gasteiger charge is 2.07. The zero-order valence-electron chi connectivity index (χ0n) is 8.76. The molecule has 0 aliphatic carbocycles. The van der Waals surface area contributed by atoms with E-state index >= 15 is 0 Å². The van der Waals surface area contributed by atoms with Gasteiger partial charge in [-0.3, -0.25) is 0 Å². The van der Waals surface area contributed by atoms with Crippen molar-refractivity contribution in [1.29, 1.82) is 0 Å². The first kappa shape index (κ1) is 10.2. The summed E-state index contributed by atoms with van der Waals surface area (Å²) >= 11 is 5.84. The molecular formula is C13H8ClNO2. The molecule has 0 aliphatic rings. The van der Waals surface area contributed by atoms with Crippen LogP contribution in [0.2, 0.25) is 5.15 Å². The van der Waals surface area contributed by atoms with Gasteiger partial charge in [-0.1, -0.05) is 35.0 Å². The van der Waals surface area contributed by atoms with Crippen molar-refractivity contribution in [2.75, 3.05) is 0 Å². The maximum atomic E-state index is 5.84. The lowest BCUT2D eigenvalue weighted by Gasteiger charge is -2.04. The number of fused-ring (bicyclic) bond motifs is 1. The van der Waals surface area contributed by atoms with E-state index in [0.717, 1.165) is 11.1 Å². The lowest BCUT2D eigenvalue weighted by molar-refractivity contribution is 0.451. The van der Waals surface area contributed by atoms with Gasteiger partial charge in [-0.2, -0.15) is 0 Å². The highest BCUT2D eigenvalue weighted by Crippen LogP contribution is 2.28. The van der Waals surface area contributed by atoms with E-state index in [1.165, 1.54) is 0 Å². The highest BCUT2D eigenvalue weighted by molar-refractivity contribution is 6.34. The number of nitrogens with zero attached hydrogens (tertiary/aromatic N) is 1. The zero-order valence-corrected chi connectivity index (χ0v) is 9.52. The van der Waals surface area contributed by atoms with E-state index in [-0.39, 0.29) is 0 Å². The number of hydrogen-bond acceptors (Lipinski definition) is 3. The van der Waals surface area contributed by atoms with Gasteiger partial charge in [0.2, 0.25) is 0 Å². The molecule has 0 radical (unpaired) electrons. The summed E-state index contributed by atoms with van der Waals surface area (Å²) in [6.45, 7) is 0. The average molecular weight is 246 g/mol. The second-order valence-electron chi connectivity index (χ2n) is 3.55. The van der Waals surface area contributed by atoms with Crippen LogP contribution in [0.5, 0.6) is 11.5 Å². The summed E-state index contributed by atoms with van der Waals surface area (Å²) < 4.78 is 10.7. The number of benzene rings is 2. The van der Waals surface area contributed by atoms with Crippen LogP contribution in [-0.4, -0.2) is 5.16 Å². The minimum Gasteiger partial charge on any atom is -0.457 e. The number of ether oxygens (including phenoxy) is 1. The van der Waals surface area contributed by atoms with Crippen LogP contribution in [0.3, 0.4) is 0 Å². The third-order valence-corrected chi connectivity index (χ3v) is 2.65. The zero-order chi connectivity index (χ0) is 11.7. The van der Waals surface area contributed by atoms with Crippen molar-refractivity contribution in [2.45, 2.75) is 0 Å². The van der Waals surface area contributed by atoms with E-state index in [4.69, 9.17) is 20.9 Å². The molecule has 0 saturated heterocycles. The Morgan fingerprint density at radius 2 is 1.82 bits per heavy atom. The third-order valence-electron chi connectivity index (χ3n) is 2.38. The first-order chi connectivity index (χ1) is 8.33. The Morgan fingerprint density at radius 1 is 1.00 bits per heavy atom. The third kappa shape index (κ3) is 1.97. The molecule has 3 rings (SSSR count). The quantitative estimate of drug-likeness (QED) is 0.676. The van der Waals surface area contributed by atoms with Crippen molar-refractivity contribution in [3.8, 4) is 11.5 Å². The van der Waals surface area contributed by atoms with E-state index in [9.17, 15) is 0 Å². The monoisotopic (exact) mass is 245 g/mol. The van der Waals surface area contributed by atoms with Crippen LogP contribution in [-0.2, 0) is 0 Å². The molecule has 1 aromatic heterocycles. The van der Waals surface area contributed by atoms with Crippen LogP contribution < -0.4 is 4.74 Å². The van der Waals surface area contributed by atoms with Gasteiger partial charge < -0.3 is 9.26 Å². The van der Waals surface area contributed by atoms with Crippen molar-refractivity contribution in [1.82, 2.24) is 5.16 Å². The molecule has 0 unspecified atom stereocenters. The van der Waals surface area contributed by atoms with Gasteiger partial charge in [-0.15, -0.1) is 0 Å². The molecule has 0 atom stereocenters. The Bertz CT molecular complexity index is 649. The Morgan fingerprint density at radius 3 is 2.65 bits per heavy atom. The molecule has 0 aliphatic heterocycles. The van der Waals surface area contributed by atoms with Gasteiger partial charge in [0, 0.05) is 6.07 Å². The van der Waals surface area contributed by atoms with E-state index in [2.05, 4.69) is 5.16 Å². The maximum absolute atomic E-state index is 5.84. The molecule has 0 fully saturated rings. The number of halogens is 1. The second-order valence-corrected chi connectivity index (χ2v) is 3.90. The van der Waals surface area contributed by atoms with E-state index in [1.54, 1.807) is 6.07 Å². The Hall–Kier alpha value is -2.00. The number of hydrogen-bond donors (Lipinski definition) is 0. The van der Waals surface area contributed by atoms with E-state index in [1.807, 2.05) is 42.5 Å². The predicted molar refractivity (Wildman–Crippen MR) is 65.5 cm³/mol. The van der Waals surface area contributed by atoms with Crippen molar-refractivity contribution >= 4 is 22.6 Å². The van der Waals surface area contributed by atoms with Gasteiger partial charge in [-0.05, 0) is 24.3 Å². The van der Waals surface area contributed by atoms with Crippen LogP contribution >= 0.6 is 11.6 Å². The molecular weight excluding hydrogens is 238 g/mol. The SMILES string of the molecule is Clc1noc2cc(Oc3ccccc3)ccc12. The lowest BCUT2D eigenvalue weighted by Crippen LogP contribution is -1.82. The molecule has 1 heterocycles. The van der Waals surface area contributed by atoms with Gasteiger partial charge in [0.15, 0.2) is 10.7 Å². The number of rotatable bonds is 2. The standard InChI is InChI=1S/C13H8ClNO2/c14-13-11-7-6-10(8-12(11)17-15-13)16-9-4-2-1-3-5-9/h1-8H. The molecule has 3 nitrogen and oxygen atoms in total. The van der Waals surface area contributed by atoms with Crippen molar-refractivity contribution in [2.24, 2.45) is 0 Å². The minimum absolute atomic E-state index is 0.367. The Balaban J connectivity index is 1.96. The van der Waals surface area contributed by atoms with Crippen LogP contribution in [0.25, 0.3) is 11.0 Å². The summed E-state index contributed by atoms with van der Waals surface area (Å²) in [6.07, 6.45) is 0. The number of aromatic nitrogens is 1. The lowest BCUT2D eigenvalue weighted by atomic mass is 10.2. The van der Waals surface area contributed by atoms with Gasteiger partial charge in [0.25, 0.3) is 0 Å². The summed E-state index contributed by atoms with van der Waals surface area (Å²) in [5, 5.41) is 4.83. The topological polar surface area (TPSA) is 35.3 Å². The molecule has 0 amide bonds. The predicted octanol–water partition coefficient (Wildman–Crippen LogP) is 4.27. The molecule has 0 N–H and O–H groups in total. The molecule has 17 heavy (non-hydrogen) atoms. The summed E-state index contributed by atoms with van der Waals surface area (Å²) in [5.41, 5.74) is 0.614. The van der Waals surface area contributed by atoms with Gasteiger partial charge in [0.05, 0.1) is 5.39 Å². The van der Waals surface area contributed by atoms with Crippen LogP contribution in [0, 0.1) is 0 Å². The molecule has 2 aromatic carbocycles. The first-order valence-electron chi connectivity index (χ1n) is 5.11. The molecule has 0 spiro atoms. The van der Waals surface area contributed by atoms with E-state index in [0.29, 0.717) is 16.5 Å². The summed E-state index contributed by atoms with van der Waals surface area (Å²) in [4.78, 5) is 0. The van der Waals surface area contributed by atoms with Gasteiger partial charge in [0.1, 0.15) is 11.5 Å². The van der Waals surface area contributed by atoms with Crippen molar-refractivity contribution in [3.05, 3.63) is 53.7 Å². The molecule has 3 aromatic rings. The fraction of sp³-hybridized carbons (Fsp3) is 0. The fourth-order valence-corrected chi connectivity index (χ4v) is 1.77. The Kier molecular flexibility index (Phi) is 2.46. The average Bonchev–Trinajstić information content (AvgIpc) is 2.72. The van der Waals surface area contributed by atoms with Crippen LogP contribution in [0.4, 0.5) is 0 Å². The minimum atomic E-state index is 0.367. The van der Waals surface area contributed by atoms with Gasteiger partial charge in [-0.25, -0.2) is 0 Å². The van der Waals surface area contributed by atoms with E-state index < -0.39 is 0 Å². The molecule has 0 bridgehead atoms.